The van der Waals surface area contributed by atoms with Gasteiger partial charge in [-0.25, -0.2) is 0 Å². The molecule has 5 aliphatic rings. The van der Waals surface area contributed by atoms with Crippen molar-refractivity contribution in [3.63, 3.8) is 0 Å². The van der Waals surface area contributed by atoms with Gasteiger partial charge < -0.3 is 9.64 Å². The highest BCUT2D eigenvalue weighted by atomic mass is 16.5. The number of para-hydroxylation sites is 1. The van der Waals surface area contributed by atoms with Crippen LogP contribution in [0.4, 0.5) is 17.1 Å². The Kier molecular flexibility index (Phi) is 11.9. The molecular weight excluding hydrogens is 991 g/mol. The number of fused-ring (bicyclic) bond motifs is 12. The first kappa shape index (κ1) is 48.9. The van der Waals surface area contributed by atoms with Crippen LogP contribution in [0.3, 0.4) is 0 Å². The number of nitrogens with zero attached hydrogens (tertiary/aromatic N) is 1. The Morgan fingerprint density at radius 2 is 0.707 bits per heavy atom. The van der Waals surface area contributed by atoms with E-state index >= 15 is 0 Å². The molecule has 4 aliphatic carbocycles. The Labute approximate surface area is 483 Å². The predicted molar refractivity (Wildman–Crippen MR) is 338 cm³/mol. The molecule has 0 amide bonds. The van der Waals surface area contributed by atoms with Crippen LogP contribution >= 0.6 is 0 Å². The Balaban J connectivity index is 0.967. The van der Waals surface area contributed by atoms with Gasteiger partial charge >= 0.3 is 0 Å². The van der Waals surface area contributed by atoms with Gasteiger partial charge in [0.1, 0.15) is 11.5 Å². The van der Waals surface area contributed by atoms with Crippen LogP contribution in [0.1, 0.15) is 132 Å². The third-order valence-electron chi connectivity index (χ3n) is 19.6. The fourth-order valence-corrected chi connectivity index (χ4v) is 15.9. The van der Waals surface area contributed by atoms with Gasteiger partial charge in [-0.05, 0) is 163 Å². The second-order valence-electron chi connectivity index (χ2n) is 23.9. The summed E-state index contributed by atoms with van der Waals surface area (Å²) >= 11 is 0. The van der Waals surface area contributed by atoms with Crippen molar-refractivity contribution in [2.24, 2.45) is 0 Å². The van der Waals surface area contributed by atoms with E-state index < -0.39 is 10.8 Å². The maximum atomic E-state index is 7.25. The molecule has 0 atom stereocenters. The molecule has 0 bridgehead atoms. The van der Waals surface area contributed by atoms with Gasteiger partial charge in [0.15, 0.2) is 0 Å². The summed E-state index contributed by atoms with van der Waals surface area (Å²) in [6.07, 6.45) is 12.7. The molecule has 2 nitrogen and oxygen atoms in total. The first-order valence-electron chi connectivity index (χ1n) is 30.3. The maximum Gasteiger partial charge on any atom is 0.132 e. The van der Waals surface area contributed by atoms with Crippen molar-refractivity contribution in [3.05, 3.63) is 316 Å². The first-order chi connectivity index (χ1) is 40.7. The highest BCUT2D eigenvalue weighted by molar-refractivity contribution is 5.96. The standard InChI is InChI=1S/C80H65NO/c1-6-22-54(23-7-1)57-38-40-58(41-39-57)65-32-18-21-37-76(65)81(63-44-46-68-66-33-16-19-35-70(66)79(72(68)52-63,61-28-12-4-13-29-61)62-30-14-5-15-31-62)64-45-47-69-67-34-17-20-36-71(67)80(73(69)53-64)74-50-59(55-24-8-2-9-25-55)42-48-77(74)82-78-49-43-60(51-75(78)80)56-26-10-3-11-27-56/h1,4-7,12-23,28-53,55-56H,2-3,8-11,24-27H2. The van der Waals surface area contributed by atoms with Crippen molar-refractivity contribution >= 4 is 17.1 Å². The fraction of sp³-hybridized carbons (Fsp3) is 0.175. The molecule has 16 rings (SSSR count). The number of rotatable bonds is 9. The van der Waals surface area contributed by atoms with E-state index in [9.17, 15) is 0 Å². The van der Waals surface area contributed by atoms with Gasteiger partial charge in [-0.3, -0.25) is 0 Å². The van der Waals surface area contributed by atoms with Gasteiger partial charge in [0.05, 0.1) is 16.5 Å². The van der Waals surface area contributed by atoms with E-state index in [4.69, 9.17) is 4.74 Å². The van der Waals surface area contributed by atoms with Crippen LogP contribution in [0, 0.1) is 0 Å². The lowest BCUT2D eigenvalue weighted by molar-refractivity contribution is 0.424. The maximum absolute atomic E-state index is 7.25. The van der Waals surface area contributed by atoms with Crippen LogP contribution < -0.4 is 9.64 Å². The highest BCUT2D eigenvalue weighted by Gasteiger charge is 2.52. The molecule has 0 N–H and O–H groups in total. The van der Waals surface area contributed by atoms with E-state index in [1.807, 2.05) is 0 Å². The minimum atomic E-state index is -0.645. The molecule has 11 aromatic carbocycles. The Morgan fingerprint density at radius 3 is 1.24 bits per heavy atom. The number of ether oxygens (including phenoxy) is 1. The van der Waals surface area contributed by atoms with Crippen molar-refractivity contribution in [2.75, 3.05) is 4.90 Å². The van der Waals surface area contributed by atoms with Gasteiger partial charge in [-0.2, -0.15) is 0 Å². The minimum absolute atomic E-state index is 0.534. The Hall–Kier alpha value is -8.98. The van der Waals surface area contributed by atoms with Crippen LogP contribution in [0.2, 0.25) is 0 Å². The molecule has 11 aromatic rings. The third-order valence-corrected chi connectivity index (χ3v) is 19.6. The molecule has 0 saturated heterocycles. The van der Waals surface area contributed by atoms with Gasteiger partial charge in [0.2, 0.25) is 0 Å². The summed E-state index contributed by atoms with van der Waals surface area (Å²) in [7, 11) is 0. The van der Waals surface area contributed by atoms with Crippen LogP contribution in [-0.2, 0) is 10.8 Å². The average Bonchev–Trinajstić information content (AvgIpc) is 2.23. The largest absolute Gasteiger partial charge is 0.457 e. The van der Waals surface area contributed by atoms with Crippen molar-refractivity contribution in [3.8, 4) is 56.0 Å². The predicted octanol–water partition coefficient (Wildman–Crippen LogP) is 21.4. The molecular formula is C80H65NO. The fourth-order valence-electron chi connectivity index (χ4n) is 15.9. The molecule has 0 aromatic heterocycles. The topological polar surface area (TPSA) is 12.5 Å². The number of benzene rings is 11. The SMILES string of the molecule is c1ccc(-c2ccc(-c3ccccc3N(c3ccc4c(c3)C(c3ccccc3)(c3ccccc3)c3ccccc3-4)c3ccc4c(c3)C3(c5cc(C6CCCCC6)ccc5Oc5ccc(C6CCCCC6)cc53)c3ccccc3-4)cc2)cc1. The quantitative estimate of drug-likeness (QED) is 0.143. The van der Waals surface area contributed by atoms with E-state index in [1.165, 1.54) is 159 Å². The zero-order valence-corrected chi connectivity index (χ0v) is 46.4. The molecule has 396 valence electrons. The summed E-state index contributed by atoms with van der Waals surface area (Å²) in [6, 6.07) is 99.3. The summed E-state index contributed by atoms with van der Waals surface area (Å²) in [5.41, 5.74) is 25.1. The molecule has 0 radical (unpaired) electrons. The Morgan fingerprint density at radius 1 is 0.293 bits per heavy atom. The lowest BCUT2D eigenvalue weighted by Crippen LogP contribution is -2.33. The van der Waals surface area contributed by atoms with Crippen molar-refractivity contribution in [1.29, 1.82) is 0 Å². The Bertz CT molecular complexity index is 4100. The lowest BCUT2D eigenvalue weighted by Gasteiger charge is -2.41. The normalized spacial score (nSPS) is 16.2. The van der Waals surface area contributed by atoms with Crippen molar-refractivity contribution in [2.45, 2.75) is 86.9 Å². The summed E-state index contributed by atoms with van der Waals surface area (Å²) in [5, 5.41) is 0. The number of hydrogen-bond acceptors (Lipinski definition) is 2. The van der Waals surface area contributed by atoms with E-state index in [0.29, 0.717) is 11.8 Å². The van der Waals surface area contributed by atoms with Crippen LogP contribution in [0.25, 0.3) is 44.5 Å². The number of anilines is 3. The van der Waals surface area contributed by atoms with Gasteiger partial charge in [0, 0.05) is 28.1 Å². The zero-order chi connectivity index (χ0) is 54.2. The zero-order valence-electron chi connectivity index (χ0n) is 46.4. The average molecular weight is 1060 g/mol. The molecule has 0 unspecified atom stereocenters. The minimum Gasteiger partial charge on any atom is -0.457 e. The monoisotopic (exact) mass is 1060 g/mol. The first-order valence-corrected chi connectivity index (χ1v) is 30.3. The van der Waals surface area contributed by atoms with Gasteiger partial charge in [-0.15, -0.1) is 0 Å². The van der Waals surface area contributed by atoms with E-state index in [-0.39, 0.29) is 0 Å². The molecule has 2 heteroatoms. The molecule has 2 fully saturated rings. The summed E-state index contributed by atoms with van der Waals surface area (Å²) in [6.45, 7) is 0. The van der Waals surface area contributed by atoms with Crippen LogP contribution in [0.15, 0.2) is 261 Å². The van der Waals surface area contributed by atoms with Gasteiger partial charge in [-0.1, -0.05) is 257 Å². The van der Waals surface area contributed by atoms with Crippen molar-refractivity contribution in [1.82, 2.24) is 0 Å². The molecule has 82 heavy (non-hydrogen) atoms. The molecule has 1 aliphatic heterocycles. The summed E-state index contributed by atoms with van der Waals surface area (Å²) in [4.78, 5) is 2.58. The van der Waals surface area contributed by atoms with E-state index in [1.54, 1.807) is 0 Å². The van der Waals surface area contributed by atoms with Crippen LogP contribution in [0.5, 0.6) is 11.5 Å². The number of hydrogen-bond donors (Lipinski definition) is 0. The van der Waals surface area contributed by atoms with E-state index in [0.717, 1.165) is 34.1 Å². The van der Waals surface area contributed by atoms with E-state index in [2.05, 4.69) is 266 Å². The third kappa shape index (κ3) is 7.60. The van der Waals surface area contributed by atoms with Crippen molar-refractivity contribution < 1.29 is 4.74 Å². The lowest BCUT2D eigenvalue weighted by atomic mass is 9.64. The molecule has 1 heterocycles. The van der Waals surface area contributed by atoms with Gasteiger partial charge in [0.25, 0.3) is 0 Å². The van der Waals surface area contributed by atoms with Crippen LogP contribution in [-0.4, -0.2) is 0 Å². The summed E-state index contributed by atoms with van der Waals surface area (Å²) < 4.78 is 7.25. The second-order valence-corrected chi connectivity index (χ2v) is 23.9. The second kappa shape index (κ2) is 19.9. The molecule has 1 spiro atoms. The molecule has 2 saturated carbocycles. The smallest absolute Gasteiger partial charge is 0.132 e. The highest BCUT2D eigenvalue weighted by Crippen LogP contribution is 2.64. The summed E-state index contributed by atoms with van der Waals surface area (Å²) in [5.74, 6) is 2.99.